The molecule has 1 aromatic carbocycles. The molecular formula is C12H9FN4O. The maximum absolute atomic E-state index is 12.8. The van der Waals surface area contributed by atoms with Crippen LogP contribution in [0.4, 0.5) is 10.2 Å². The van der Waals surface area contributed by atoms with Gasteiger partial charge in [-0.25, -0.2) is 4.39 Å². The molecule has 2 aromatic heterocycles. The van der Waals surface area contributed by atoms with Crippen LogP contribution in [-0.4, -0.2) is 15.0 Å². The average molecular weight is 244 g/mol. The first-order chi connectivity index (χ1) is 8.75. The van der Waals surface area contributed by atoms with Crippen molar-refractivity contribution in [3.63, 3.8) is 0 Å². The number of rotatable bonds is 2. The molecule has 18 heavy (non-hydrogen) atoms. The van der Waals surface area contributed by atoms with E-state index < -0.39 is 0 Å². The van der Waals surface area contributed by atoms with E-state index in [0.29, 0.717) is 23.0 Å². The molecule has 2 heterocycles. The summed E-state index contributed by atoms with van der Waals surface area (Å²) in [5.74, 6) is 0.570. The molecule has 0 bridgehead atoms. The molecule has 0 aliphatic carbocycles. The number of hydrogen-bond acceptors (Lipinski definition) is 4. The van der Waals surface area contributed by atoms with E-state index in [1.54, 1.807) is 24.3 Å². The molecule has 6 heteroatoms. The molecular weight excluding hydrogens is 235 g/mol. The molecule has 0 spiro atoms. The van der Waals surface area contributed by atoms with Crippen LogP contribution in [0.2, 0.25) is 0 Å². The predicted octanol–water partition coefficient (Wildman–Crippen LogP) is 2.25. The Balaban J connectivity index is 2.07. The summed E-state index contributed by atoms with van der Waals surface area (Å²) >= 11 is 0. The van der Waals surface area contributed by atoms with E-state index >= 15 is 0 Å². The van der Waals surface area contributed by atoms with E-state index in [1.807, 2.05) is 0 Å². The van der Waals surface area contributed by atoms with E-state index in [2.05, 4.69) is 10.3 Å². The number of nitrogen functional groups attached to an aromatic ring is 1. The number of anilines is 1. The molecule has 2 N–H and O–H groups in total. The summed E-state index contributed by atoms with van der Waals surface area (Å²) in [7, 11) is 0. The Morgan fingerprint density at radius 3 is 2.61 bits per heavy atom. The lowest BCUT2D eigenvalue weighted by Gasteiger charge is -2.02. The number of nitrogens with two attached hydrogens (primary N) is 1. The molecule has 0 radical (unpaired) electrons. The molecule has 3 rings (SSSR count). The first-order valence-corrected chi connectivity index (χ1v) is 5.27. The van der Waals surface area contributed by atoms with Gasteiger partial charge in [-0.2, -0.15) is 4.68 Å². The lowest BCUT2D eigenvalue weighted by Crippen LogP contribution is -2.02. The van der Waals surface area contributed by atoms with Crippen molar-refractivity contribution in [2.24, 2.45) is 0 Å². The Kier molecular flexibility index (Phi) is 2.33. The van der Waals surface area contributed by atoms with Gasteiger partial charge in [0.1, 0.15) is 5.82 Å². The fraction of sp³-hybridized carbons (Fsp3) is 0. The molecule has 0 saturated carbocycles. The second-order valence-corrected chi connectivity index (χ2v) is 3.69. The van der Waals surface area contributed by atoms with Gasteiger partial charge in [-0.3, -0.25) is 0 Å². The third kappa shape index (κ3) is 1.64. The highest BCUT2D eigenvalue weighted by atomic mass is 19.1. The van der Waals surface area contributed by atoms with Gasteiger partial charge in [-0.15, -0.1) is 5.10 Å². The first kappa shape index (κ1) is 10.5. The minimum Gasteiger partial charge on any atom is -0.463 e. The SMILES string of the molecule is Nc1c(-c2ccco2)nnn1-c1ccc(F)cc1. The van der Waals surface area contributed by atoms with E-state index in [0.717, 1.165) is 0 Å². The third-order valence-electron chi connectivity index (χ3n) is 2.53. The monoisotopic (exact) mass is 244 g/mol. The minimum atomic E-state index is -0.316. The number of aromatic nitrogens is 3. The van der Waals surface area contributed by atoms with E-state index in [9.17, 15) is 4.39 Å². The molecule has 0 aliphatic rings. The van der Waals surface area contributed by atoms with E-state index in [4.69, 9.17) is 10.2 Å². The molecule has 5 nitrogen and oxygen atoms in total. The normalized spacial score (nSPS) is 10.7. The third-order valence-corrected chi connectivity index (χ3v) is 2.53. The van der Waals surface area contributed by atoms with Crippen molar-refractivity contribution >= 4 is 5.82 Å². The van der Waals surface area contributed by atoms with Gasteiger partial charge < -0.3 is 10.2 Å². The van der Waals surface area contributed by atoms with Crippen LogP contribution in [0.25, 0.3) is 17.1 Å². The van der Waals surface area contributed by atoms with E-state index in [-0.39, 0.29) is 5.82 Å². The lowest BCUT2D eigenvalue weighted by molar-refractivity contribution is 0.580. The summed E-state index contributed by atoms with van der Waals surface area (Å²) in [5, 5.41) is 7.89. The van der Waals surface area contributed by atoms with Gasteiger partial charge in [0.15, 0.2) is 17.3 Å². The molecule has 0 saturated heterocycles. The van der Waals surface area contributed by atoms with Gasteiger partial charge in [-0.05, 0) is 36.4 Å². The highest BCUT2D eigenvalue weighted by Crippen LogP contribution is 2.25. The predicted molar refractivity (Wildman–Crippen MR) is 63.4 cm³/mol. The first-order valence-electron chi connectivity index (χ1n) is 5.27. The van der Waals surface area contributed by atoms with Gasteiger partial charge in [0.2, 0.25) is 0 Å². The number of halogens is 1. The number of hydrogen-bond donors (Lipinski definition) is 1. The van der Waals surface area contributed by atoms with Crippen LogP contribution >= 0.6 is 0 Å². The molecule has 0 unspecified atom stereocenters. The summed E-state index contributed by atoms with van der Waals surface area (Å²) in [5.41, 5.74) is 7.05. The van der Waals surface area contributed by atoms with Crippen LogP contribution in [0.3, 0.4) is 0 Å². The largest absolute Gasteiger partial charge is 0.463 e. The van der Waals surface area contributed by atoms with Crippen molar-refractivity contribution in [1.82, 2.24) is 15.0 Å². The quantitative estimate of drug-likeness (QED) is 0.750. The topological polar surface area (TPSA) is 69.9 Å². The van der Waals surface area contributed by atoms with Crippen molar-refractivity contribution in [2.45, 2.75) is 0 Å². The zero-order valence-electron chi connectivity index (χ0n) is 9.25. The second-order valence-electron chi connectivity index (χ2n) is 3.69. The molecule has 0 aliphatic heterocycles. The van der Waals surface area contributed by atoms with Crippen molar-refractivity contribution in [2.75, 3.05) is 5.73 Å². The molecule has 3 aromatic rings. The van der Waals surface area contributed by atoms with Gasteiger partial charge in [0, 0.05) is 0 Å². The van der Waals surface area contributed by atoms with Crippen LogP contribution in [0, 0.1) is 5.82 Å². The number of benzene rings is 1. The van der Waals surface area contributed by atoms with Crippen molar-refractivity contribution < 1.29 is 8.81 Å². The van der Waals surface area contributed by atoms with Crippen LogP contribution in [0.5, 0.6) is 0 Å². The summed E-state index contributed by atoms with van der Waals surface area (Å²) in [4.78, 5) is 0. The zero-order valence-corrected chi connectivity index (χ0v) is 9.25. The number of furan rings is 1. The Hall–Kier alpha value is -2.63. The number of nitrogens with zero attached hydrogens (tertiary/aromatic N) is 3. The van der Waals surface area contributed by atoms with Crippen molar-refractivity contribution in [3.8, 4) is 17.1 Å². The van der Waals surface area contributed by atoms with E-state index in [1.165, 1.54) is 23.1 Å². The van der Waals surface area contributed by atoms with Crippen molar-refractivity contribution in [1.29, 1.82) is 0 Å². The maximum atomic E-state index is 12.8. The molecule has 0 fully saturated rings. The lowest BCUT2D eigenvalue weighted by atomic mass is 10.3. The fourth-order valence-corrected chi connectivity index (χ4v) is 1.65. The molecule has 0 amide bonds. The Morgan fingerprint density at radius 1 is 1.17 bits per heavy atom. The van der Waals surface area contributed by atoms with Crippen molar-refractivity contribution in [3.05, 3.63) is 48.5 Å². The highest BCUT2D eigenvalue weighted by molar-refractivity contribution is 5.66. The average Bonchev–Trinajstić information content (AvgIpc) is 2.99. The maximum Gasteiger partial charge on any atom is 0.172 e. The van der Waals surface area contributed by atoms with Gasteiger partial charge in [0.25, 0.3) is 0 Å². The van der Waals surface area contributed by atoms with Crippen LogP contribution < -0.4 is 5.73 Å². The smallest absolute Gasteiger partial charge is 0.172 e. The van der Waals surface area contributed by atoms with Crippen LogP contribution in [0.1, 0.15) is 0 Å². The minimum absolute atomic E-state index is 0.316. The summed E-state index contributed by atoms with van der Waals surface area (Å²) in [6.07, 6.45) is 1.53. The standard InChI is InChI=1S/C12H9FN4O/c13-8-3-5-9(6-4-8)17-12(14)11(15-16-17)10-2-1-7-18-10/h1-7H,14H2. The second kappa shape index (κ2) is 3.99. The van der Waals surface area contributed by atoms with Gasteiger partial charge in [-0.1, -0.05) is 5.21 Å². The Labute approximate surface area is 102 Å². The summed E-state index contributed by atoms with van der Waals surface area (Å²) < 4.78 is 19.5. The fourth-order valence-electron chi connectivity index (χ4n) is 1.65. The van der Waals surface area contributed by atoms with Crippen LogP contribution in [-0.2, 0) is 0 Å². The summed E-state index contributed by atoms with van der Waals surface area (Å²) in [6, 6.07) is 9.31. The van der Waals surface area contributed by atoms with Gasteiger partial charge in [0.05, 0.1) is 12.0 Å². The zero-order chi connectivity index (χ0) is 12.5. The Bertz CT molecular complexity index is 658. The highest BCUT2D eigenvalue weighted by Gasteiger charge is 2.14. The molecule has 0 atom stereocenters. The molecule has 90 valence electrons. The van der Waals surface area contributed by atoms with Gasteiger partial charge >= 0.3 is 0 Å². The Morgan fingerprint density at radius 2 is 1.94 bits per heavy atom. The summed E-state index contributed by atoms with van der Waals surface area (Å²) in [6.45, 7) is 0. The van der Waals surface area contributed by atoms with Crippen LogP contribution in [0.15, 0.2) is 47.1 Å².